The van der Waals surface area contributed by atoms with Crippen LogP contribution in [0.5, 0.6) is 0 Å². The Hall–Kier alpha value is -0.0400. The van der Waals surface area contributed by atoms with Crippen LogP contribution >= 0.6 is 0 Å². The van der Waals surface area contributed by atoms with Gasteiger partial charge in [-0.15, -0.1) is 0 Å². The molecule has 0 aromatic heterocycles. The van der Waals surface area contributed by atoms with E-state index in [2.05, 4.69) is 18.9 Å². The highest BCUT2D eigenvalue weighted by Gasteiger charge is 2.44. The van der Waals surface area contributed by atoms with Crippen molar-refractivity contribution in [2.45, 2.75) is 52.9 Å². The molecule has 84 valence electrons. The Labute approximate surface area is 89.9 Å². The lowest BCUT2D eigenvalue weighted by Crippen LogP contribution is -2.48. The molecule has 1 saturated heterocycles. The van der Waals surface area contributed by atoms with Crippen LogP contribution in [0.2, 0.25) is 0 Å². The predicted molar refractivity (Wildman–Crippen MR) is 63.5 cm³/mol. The first kappa shape index (κ1) is 12.0. The Balaban J connectivity index is 0.000000461. The average molecular weight is 197 g/mol. The first-order valence-corrected chi connectivity index (χ1v) is 6.43. The van der Waals surface area contributed by atoms with Gasteiger partial charge in [-0.05, 0) is 50.6 Å². The second-order valence-corrected chi connectivity index (χ2v) is 5.02. The van der Waals surface area contributed by atoms with Crippen LogP contribution in [-0.4, -0.2) is 25.0 Å². The van der Waals surface area contributed by atoms with Gasteiger partial charge in [0.2, 0.25) is 0 Å². The Bertz CT molecular complexity index is 159. The summed E-state index contributed by atoms with van der Waals surface area (Å²) in [5, 5.41) is 0. The van der Waals surface area contributed by atoms with Gasteiger partial charge >= 0.3 is 0 Å². The summed E-state index contributed by atoms with van der Waals surface area (Å²) in [7, 11) is 2.28. The summed E-state index contributed by atoms with van der Waals surface area (Å²) in [5.41, 5.74) is 0.772. The van der Waals surface area contributed by atoms with Crippen LogP contribution in [0, 0.1) is 11.3 Å². The van der Waals surface area contributed by atoms with Crippen LogP contribution in [0.3, 0.4) is 0 Å². The molecule has 1 saturated carbocycles. The van der Waals surface area contributed by atoms with E-state index >= 15 is 0 Å². The van der Waals surface area contributed by atoms with E-state index in [-0.39, 0.29) is 0 Å². The fraction of sp³-hybridized carbons (Fsp3) is 1.00. The van der Waals surface area contributed by atoms with Gasteiger partial charge in [-0.1, -0.05) is 27.2 Å². The lowest BCUT2D eigenvalue weighted by atomic mass is 9.58. The van der Waals surface area contributed by atoms with Crippen molar-refractivity contribution in [2.75, 3.05) is 20.1 Å². The standard InChI is InChI=1S/C11H21N.C2H6/c1-3-10-7-11(8-10)5-4-6-12(2)9-11;1-2/h10H,3-9H2,1-2H3;1-2H3. The van der Waals surface area contributed by atoms with Crippen LogP contribution in [0.4, 0.5) is 0 Å². The first-order valence-electron chi connectivity index (χ1n) is 6.43. The molecule has 0 bridgehead atoms. The molecule has 0 unspecified atom stereocenters. The molecule has 2 aliphatic rings. The molecule has 1 nitrogen and oxygen atoms in total. The van der Waals surface area contributed by atoms with Crippen molar-refractivity contribution in [1.82, 2.24) is 4.90 Å². The van der Waals surface area contributed by atoms with Gasteiger partial charge in [0.15, 0.2) is 0 Å². The smallest absolute Gasteiger partial charge is 0.00351 e. The van der Waals surface area contributed by atoms with E-state index in [0.29, 0.717) is 0 Å². The van der Waals surface area contributed by atoms with E-state index in [4.69, 9.17) is 0 Å². The fourth-order valence-electron chi connectivity index (χ4n) is 3.24. The maximum absolute atomic E-state index is 2.52. The zero-order chi connectivity index (χ0) is 10.6. The topological polar surface area (TPSA) is 3.24 Å². The van der Waals surface area contributed by atoms with E-state index < -0.39 is 0 Å². The summed E-state index contributed by atoms with van der Waals surface area (Å²) in [6, 6.07) is 0. The minimum Gasteiger partial charge on any atom is -0.306 e. The van der Waals surface area contributed by atoms with Gasteiger partial charge in [0.25, 0.3) is 0 Å². The number of likely N-dealkylation sites (tertiary alicyclic amines) is 1. The molecular weight excluding hydrogens is 170 g/mol. The molecule has 0 atom stereocenters. The number of piperidine rings is 1. The van der Waals surface area contributed by atoms with Crippen molar-refractivity contribution in [3.63, 3.8) is 0 Å². The number of hydrogen-bond donors (Lipinski definition) is 0. The summed E-state index contributed by atoms with van der Waals surface area (Å²) in [4.78, 5) is 2.52. The third-order valence-corrected chi connectivity index (χ3v) is 3.87. The summed E-state index contributed by atoms with van der Waals surface area (Å²) < 4.78 is 0. The first-order chi connectivity index (χ1) is 6.74. The molecule has 0 N–H and O–H groups in total. The van der Waals surface area contributed by atoms with E-state index in [9.17, 15) is 0 Å². The monoisotopic (exact) mass is 197 g/mol. The van der Waals surface area contributed by atoms with Gasteiger partial charge in [-0.3, -0.25) is 0 Å². The third kappa shape index (κ3) is 2.50. The molecule has 1 aliphatic heterocycles. The van der Waals surface area contributed by atoms with Gasteiger partial charge in [-0.2, -0.15) is 0 Å². The van der Waals surface area contributed by atoms with Gasteiger partial charge in [0.05, 0.1) is 0 Å². The molecule has 0 amide bonds. The molecule has 1 aliphatic carbocycles. The highest BCUT2D eigenvalue weighted by Crippen LogP contribution is 2.51. The van der Waals surface area contributed by atoms with Crippen LogP contribution in [-0.2, 0) is 0 Å². The van der Waals surface area contributed by atoms with Crippen molar-refractivity contribution in [2.24, 2.45) is 11.3 Å². The van der Waals surface area contributed by atoms with Crippen LogP contribution in [0.1, 0.15) is 52.9 Å². The molecule has 2 rings (SSSR count). The Morgan fingerprint density at radius 2 is 1.93 bits per heavy atom. The molecule has 2 fully saturated rings. The summed E-state index contributed by atoms with van der Waals surface area (Å²) in [5.74, 6) is 1.07. The van der Waals surface area contributed by atoms with Gasteiger partial charge in [0, 0.05) is 6.54 Å². The van der Waals surface area contributed by atoms with Crippen LogP contribution in [0.15, 0.2) is 0 Å². The average Bonchev–Trinajstić information content (AvgIpc) is 2.17. The van der Waals surface area contributed by atoms with Gasteiger partial charge < -0.3 is 4.90 Å². The molecule has 1 spiro atoms. The van der Waals surface area contributed by atoms with Crippen LogP contribution in [0.25, 0.3) is 0 Å². The molecule has 0 aromatic rings. The maximum Gasteiger partial charge on any atom is 0.00351 e. The summed E-state index contributed by atoms with van der Waals surface area (Å²) in [6.07, 6.45) is 7.40. The number of rotatable bonds is 1. The maximum atomic E-state index is 2.52. The van der Waals surface area contributed by atoms with Crippen LogP contribution < -0.4 is 0 Å². The minimum absolute atomic E-state index is 0.772. The van der Waals surface area contributed by atoms with E-state index in [1.807, 2.05) is 13.8 Å². The lowest BCUT2D eigenvalue weighted by molar-refractivity contribution is -0.0160. The van der Waals surface area contributed by atoms with Crippen molar-refractivity contribution in [3.05, 3.63) is 0 Å². The Morgan fingerprint density at radius 3 is 2.43 bits per heavy atom. The second kappa shape index (κ2) is 5.16. The molecular formula is C13H27N. The normalized spacial score (nSPS) is 37.3. The molecule has 1 heterocycles. The van der Waals surface area contributed by atoms with Crippen molar-refractivity contribution < 1.29 is 0 Å². The van der Waals surface area contributed by atoms with Crippen molar-refractivity contribution in [1.29, 1.82) is 0 Å². The molecule has 14 heavy (non-hydrogen) atoms. The molecule has 1 heteroatoms. The SMILES string of the molecule is CC.CCC1CC2(CCCN(C)C2)C1. The largest absolute Gasteiger partial charge is 0.306 e. The molecule has 0 radical (unpaired) electrons. The Morgan fingerprint density at radius 1 is 1.29 bits per heavy atom. The van der Waals surface area contributed by atoms with E-state index in [1.54, 1.807) is 0 Å². The lowest BCUT2D eigenvalue weighted by Gasteiger charge is -2.52. The van der Waals surface area contributed by atoms with E-state index in [1.165, 1.54) is 45.2 Å². The zero-order valence-electron chi connectivity index (χ0n) is 10.5. The third-order valence-electron chi connectivity index (χ3n) is 3.87. The Kier molecular flexibility index (Phi) is 4.43. The van der Waals surface area contributed by atoms with Crippen molar-refractivity contribution >= 4 is 0 Å². The second-order valence-electron chi connectivity index (χ2n) is 5.02. The molecule has 0 aromatic carbocycles. The highest BCUT2D eigenvalue weighted by atomic mass is 15.1. The minimum atomic E-state index is 0.772. The fourth-order valence-corrected chi connectivity index (χ4v) is 3.24. The quantitative estimate of drug-likeness (QED) is 0.621. The van der Waals surface area contributed by atoms with Gasteiger partial charge in [0.1, 0.15) is 0 Å². The van der Waals surface area contributed by atoms with E-state index in [0.717, 1.165) is 11.3 Å². The summed E-state index contributed by atoms with van der Waals surface area (Å²) in [6.45, 7) is 9.05. The van der Waals surface area contributed by atoms with Gasteiger partial charge in [-0.25, -0.2) is 0 Å². The number of hydrogen-bond acceptors (Lipinski definition) is 1. The zero-order valence-corrected chi connectivity index (χ0v) is 10.5. The van der Waals surface area contributed by atoms with Crippen molar-refractivity contribution in [3.8, 4) is 0 Å². The highest BCUT2D eigenvalue weighted by molar-refractivity contribution is 4.96. The number of nitrogens with zero attached hydrogens (tertiary/aromatic N) is 1. The predicted octanol–water partition coefficient (Wildman–Crippen LogP) is 3.54. The summed E-state index contributed by atoms with van der Waals surface area (Å²) >= 11 is 0.